The van der Waals surface area contributed by atoms with Gasteiger partial charge in [-0.1, -0.05) is 26.0 Å². The third kappa shape index (κ3) is 5.62. The average molecular weight is 265 g/mol. The van der Waals surface area contributed by atoms with E-state index in [4.69, 9.17) is 4.74 Å². The first-order valence-electron chi connectivity index (χ1n) is 7.10. The summed E-state index contributed by atoms with van der Waals surface area (Å²) >= 11 is 0. The van der Waals surface area contributed by atoms with E-state index in [0.717, 1.165) is 25.1 Å². The van der Waals surface area contributed by atoms with Crippen molar-refractivity contribution in [3.05, 3.63) is 29.8 Å². The predicted octanol–water partition coefficient (Wildman–Crippen LogP) is 3.14. The quantitative estimate of drug-likeness (QED) is 0.710. The smallest absolute Gasteiger partial charge is 0.118 e. The summed E-state index contributed by atoms with van der Waals surface area (Å²) in [7, 11) is 1.68. The van der Waals surface area contributed by atoms with E-state index in [0.29, 0.717) is 12.0 Å². The molecular formula is C16H27NO2. The van der Waals surface area contributed by atoms with E-state index < -0.39 is 0 Å². The minimum absolute atomic E-state index is 0.208. The van der Waals surface area contributed by atoms with Crippen molar-refractivity contribution in [1.29, 1.82) is 0 Å². The van der Waals surface area contributed by atoms with Crippen LogP contribution in [0, 0.1) is 5.92 Å². The van der Waals surface area contributed by atoms with Crippen molar-refractivity contribution in [3.63, 3.8) is 0 Å². The van der Waals surface area contributed by atoms with Gasteiger partial charge in [-0.15, -0.1) is 0 Å². The number of aliphatic hydroxyl groups excluding tert-OH is 1. The number of methoxy groups -OCH3 is 1. The van der Waals surface area contributed by atoms with Crippen molar-refractivity contribution in [3.8, 4) is 5.75 Å². The first-order chi connectivity index (χ1) is 9.04. The van der Waals surface area contributed by atoms with Crippen LogP contribution in [0.3, 0.4) is 0 Å². The van der Waals surface area contributed by atoms with Gasteiger partial charge in [0.2, 0.25) is 0 Å². The molecule has 0 aliphatic heterocycles. The predicted molar refractivity (Wildman–Crippen MR) is 79.5 cm³/mol. The SMILES string of the molecule is COc1ccc(C(NCCCC(C)O)C(C)C)cc1. The summed E-state index contributed by atoms with van der Waals surface area (Å²) in [5, 5.41) is 12.8. The van der Waals surface area contributed by atoms with Crippen molar-refractivity contribution >= 4 is 0 Å². The minimum Gasteiger partial charge on any atom is -0.497 e. The fourth-order valence-electron chi connectivity index (χ4n) is 2.20. The Bertz CT molecular complexity index is 346. The molecule has 0 bridgehead atoms. The van der Waals surface area contributed by atoms with E-state index in [2.05, 4.69) is 31.3 Å². The zero-order chi connectivity index (χ0) is 14.3. The molecule has 0 aliphatic carbocycles. The van der Waals surface area contributed by atoms with Gasteiger partial charge in [-0.25, -0.2) is 0 Å². The van der Waals surface area contributed by atoms with E-state index >= 15 is 0 Å². The molecule has 0 amide bonds. The van der Waals surface area contributed by atoms with Crippen LogP contribution >= 0.6 is 0 Å². The Hall–Kier alpha value is -1.06. The number of benzene rings is 1. The van der Waals surface area contributed by atoms with Crippen LogP contribution < -0.4 is 10.1 Å². The Labute approximate surface area is 117 Å². The summed E-state index contributed by atoms with van der Waals surface area (Å²) in [6.45, 7) is 7.20. The van der Waals surface area contributed by atoms with Gasteiger partial charge < -0.3 is 15.2 Å². The molecule has 0 radical (unpaired) electrons. The number of nitrogens with one attached hydrogen (secondary N) is 1. The van der Waals surface area contributed by atoms with Crippen LogP contribution in [0.5, 0.6) is 5.75 Å². The van der Waals surface area contributed by atoms with Crippen LogP contribution in [0.15, 0.2) is 24.3 Å². The molecule has 1 aromatic carbocycles. The van der Waals surface area contributed by atoms with Crippen molar-refractivity contribution in [2.24, 2.45) is 5.92 Å². The van der Waals surface area contributed by atoms with Gasteiger partial charge in [0.05, 0.1) is 13.2 Å². The number of ether oxygens (including phenoxy) is 1. The number of rotatable bonds is 8. The fourth-order valence-corrected chi connectivity index (χ4v) is 2.20. The molecule has 0 saturated carbocycles. The highest BCUT2D eigenvalue weighted by Crippen LogP contribution is 2.23. The maximum Gasteiger partial charge on any atom is 0.118 e. The average Bonchev–Trinajstić information content (AvgIpc) is 2.38. The molecule has 1 rings (SSSR count). The minimum atomic E-state index is -0.208. The van der Waals surface area contributed by atoms with Gasteiger partial charge in [0.15, 0.2) is 0 Å². The lowest BCUT2D eigenvalue weighted by Crippen LogP contribution is -2.27. The van der Waals surface area contributed by atoms with Gasteiger partial charge in [-0.2, -0.15) is 0 Å². The van der Waals surface area contributed by atoms with Crippen molar-refractivity contribution in [2.75, 3.05) is 13.7 Å². The van der Waals surface area contributed by atoms with Gasteiger partial charge in [-0.05, 0) is 49.9 Å². The molecular weight excluding hydrogens is 238 g/mol. The highest BCUT2D eigenvalue weighted by molar-refractivity contribution is 5.29. The Balaban J connectivity index is 2.56. The molecule has 1 aromatic rings. The van der Waals surface area contributed by atoms with Gasteiger partial charge in [0, 0.05) is 6.04 Å². The van der Waals surface area contributed by atoms with Crippen LogP contribution in [-0.4, -0.2) is 24.9 Å². The van der Waals surface area contributed by atoms with Crippen LogP contribution in [0.4, 0.5) is 0 Å². The van der Waals surface area contributed by atoms with E-state index in [-0.39, 0.29) is 6.10 Å². The molecule has 2 N–H and O–H groups in total. The van der Waals surface area contributed by atoms with Crippen molar-refractivity contribution in [1.82, 2.24) is 5.32 Å². The summed E-state index contributed by atoms with van der Waals surface area (Å²) in [6.07, 6.45) is 1.64. The zero-order valence-corrected chi connectivity index (χ0v) is 12.5. The fraction of sp³-hybridized carbons (Fsp3) is 0.625. The van der Waals surface area contributed by atoms with Crippen molar-refractivity contribution < 1.29 is 9.84 Å². The van der Waals surface area contributed by atoms with E-state index in [1.807, 2.05) is 19.1 Å². The van der Waals surface area contributed by atoms with E-state index in [9.17, 15) is 5.11 Å². The molecule has 0 fully saturated rings. The summed E-state index contributed by atoms with van der Waals surface area (Å²) in [6, 6.07) is 8.58. The molecule has 2 atom stereocenters. The lowest BCUT2D eigenvalue weighted by Gasteiger charge is -2.23. The Morgan fingerprint density at radius 1 is 1.16 bits per heavy atom. The number of hydrogen-bond donors (Lipinski definition) is 2. The molecule has 19 heavy (non-hydrogen) atoms. The van der Waals surface area contributed by atoms with Crippen LogP contribution in [0.1, 0.15) is 45.2 Å². The Kier molecular flexibility index (Phi) is 6.89. The molecule has 0 aliphatic rings. The zero-order valence-electron chi connectivity index (χ0n) is 12.5. The van der Waals surface area contributed by atoms with Gasteiger partial charge in [0.1, 0.15) is 5.75 Å². The number of aliphatic hydroxyl groups is 1. The van der Waals surface area contributed by atoms with E-state index in [1.165, 1.54) is 5.56 Å². The Morgan fingerprint density at radius 2 is 1.79 bits per heavy atom. The summed E-state index contributed by atoms with van der Waals surface area (Å²) in [5.41, 5.74) is 1.29. The lowest BCUT2D eigenvalue weighted by atomic mass is 9.96. The van der Waals surface area contributed by atoms with Crippen LogP contribution in [0.25, 0.3) is 0 Å². The van der Waals surface area contributed by atoms with Crippen LogP contribution in [-0.2, 0) is 0 Å². The number of hydrogen-bond acceptors (Lipinski definition) is 3. The largest absolute Gasteiger partial charge is 0.497 e. The highest BCUT2D eigenvalue weighted by Gasteiger charge is 2.14. The van der Waals surface area contributed by atoms with Gasteiger partial charge in [0.25, 0.3) is 0 Å². The van der Waals surface area contributed by atoms with Gasteiger partial charge >= 0.3 is 0 Å². The third-order valence-corrected chi connectivity index (χ3v) is 3.30. The molecule has 3 heteroatoms. The second-order valence-corrected chi connectivity index (χ2v) is 5.44. The first-order valence-corrected chi connectivity index (χ1v) is 7.10. The summed E-state index contributed by atoms with van der Waals surface area (Å²) < 4.78 is 5.19. The maximum absolute atomic E-state index is 9.26. The van der Waals surface area contributed by atoms with Gasteiger partial charge in [-0.3, -0.25) is 0 Å². The molecule has 0 aromatic heterocycles. The molecule has 0 saturated heterocycles. The molecule has 0 heterocycles. The normalized spacial score (nSPS) is 14.4. The standard InChI is InChI=1S/C16H27NO2/c1-12(2)16(17-11-5-6-13(3)18)14-7-9-15(19-4)10-8-14/h7-10,12-13,16-18H,5-6,11H2,1-4H3. The molecule has 0 spiro atoms. The summed E-state index contributed by atoms with van der Waals surface area (Å²) in [5.74, 6) is 1.42. The molecule has 3 nitrogen and oxygen atoms in total. The maximum atomic E-state index is 9.26. The van der Waals surface area contributed by atoms with Crippen LogP contribution in [0.2, 0.25) is 0 Å². The second kappa shape index (κ2) is 8.18. The topological polar surface area (TPSA) is 41.5 Å². The monoisotopic (exact) mass is 265 g/mol. The van der Waals surface area contributed by atoms with Crippen molar-refractivity contribution in [2.45, 2.75) is 45.8 Å². The lowest BCUT2D eigenvalue weighted by molar-refractivity contribution is 0.180. The molecule has 2 unspecified atom stereocenters. The Morgan fingerprint density at radius 3 is 2.26 bits per heavy atom. The molecule has 108 valence electrons. The second-order valence-electron chi connectivity index (χ2n) is 5.44. The highest BCUT2D eigenvalue weighted by atomic mass is 16.5. The third-order valence-electron chi connectivity index (χ3n) is 3.30. The van der Waals surface area contributed by atoms with E-state index in [1.54, 1.807) is 7.11 Å². The summed E-state index contributed by atoms with van der Waals surface area (Å²) in [4.78, 5) is 0. The first kappa shape index (κ1) is 16.0.